The SMILES string of the molecule is O=C(COc1ccc(CCNC(=O)C(c2ccccc2)N2CCS(=O)(=O)CC2)cc1)NC1CC1. The Balaban J connectivity index is 1.28. The largest absolute Gasteiger partial charge is 0.484 e. The average molecular weight is 486 g/mol. The van der Waals surface area contributed by atoms with Gasteiger partial charge < -0.3 is 15.4 Å². The highest BCUT2D eigenvalue weighted by Crippen LogP contribution is 2.23. The molecule has 8 nitrogen and oxygen atoms in total. The molecule has 1 unspecified atom stereocenters. The summed E-state index contributed by atoms with van der Waals surface area (Å²) in [6.07, 6.45) is 2.73. The normalized spacial score (nSPS) is 18.6. The van der Waals surface area contributed by atoms with E-state index < -0.39 is 15.9 Å². The molecule has 182 valence electrons. The van der Waals surface area contributed by atoms with Gasteiger partial charge >= 0.3 is 0 Å². The Morgan fingerprint density at radius 3 is 2.32 bits per heavy atom. The average Bonchev–Trinajstić information content (AvgIpc) is 3.64. The van der Waals surface area contributed by atoms with E-state index in [1.165, 1.54) is 0 Å². The zero-order valence-corrected chi connectivity index (χ0v) is 19.9. The number of amides is 2. The first-order valence-electron chi connectivity index (χ1n) is 11.7. The Kier molecular flexibility index (Phi) is 7.84. The lowest BCUT2D eigenvalue weighted by Crippen LogP contribution is -2.47. The number of rotatable bonds is 10. The lowest BCUT2D eigenvalue weighted by atomic mass is 10.0. The third-order valence-electron chi connectivity index (χ3n) is 6.06. The molecule has 4 rings (SSSR count). The number of benzene rings is 2. The van der Waals surface area contributed by atoms with Gasteiger partial charge in [-0.1, -0.05) is 42.5 Å². The van der Waals surface area contributed by atoms with Crippen LogP contribution in [0.15, 0.2) is 54.6 Å². The summed E-state index contributed by atoms with van der Waals surface area (Å²) in [4.78, 5) is 26.8. The molecule has 0 bridgehead atoms. The van der Waals surface area contributed by atoms with Crippen LogP contribution in [0.4, 0.5) is 0 Å². The zero-order chi connectivity index (χ0) is 24.0. The van der Waals surface area contributed by atoms with Gasteiger partial charge in [-0.05, 0) is 42.5 Å². The van der Waals surface area contributed by atoms with E-state index in [1.54, 1.807) is 0 Å². The van der Waals surface area contributed by atoms with Crippen LogP contribution in [-0.2, 0) is 25.8 Å². The predicted octanol–water partition coefficient (Wildman–Crippen LogP) is 1.47. The Hall–Kier alpha value is -2.91. The Labute approximate surface area is 200 Å². The van der Waals surface area contributed by atoms with Crippen molar-refractivity contribution in [1.82, 2.24) is 15.5 Å². The molecule has 1 atom stereocenters. The standard InChI is InChI=1S/C25H31N3O5S/c29-23(27-21-8-9-21)18-33-22-10-6-19(7-11-22)12-13-26-25(30)24(20-4-2-1-3-5-20)28-14-16-34(31,32)17-15-28/h1-7,10-11,21,24H,8-9,12-18H2,(H,26,30)(H,27,29). The number of nitrogens with zero attached hydrogens (tertiary/aromatic N) is 1. The number of nitrogens with one attached hydrogen (secondary N) is 2. The lowest BCUT2D eigenvalue weighted by Gasteiger charge is -2.33. The number of hydrogen-bond acceptors (Lipinski definition) is 6. The van der Waals surface area contributed by atoms with Crippen molar-refractivity contribution in [3.8, 4) is 5.75 Å². The minimum absolute atomic E-state index is 0.00454. The molecule has 0 aromatic heterocycles. The fraction of sp³-hybridized carbons (Fsp3) is 0.440. The molecule has 34 heavy (non-hydrogen) atoms. The van der Waals surface area contributed by atoms with Crippen LogP contribution >= 0.6 is 0 Å². The van der Waals surface area contributed by atoms with E-state index >= 15 is 0 Å². The van der Waals surface area contributed by atoms with Gasteiger partial charge in [0.15, 0.2) is 16.4 Å². The van der Waals surface area contributed by atoms with E-state index in [1.807, 2.05) is 59.5 Å². The second-order valence-corrected chi connectivity index (χ2v) is 11.1. The van der Waals surface area contributed by atoms with E-state index in [9.17, 15) is 18.0 Å². The maximum Gasteiger partial charge on any atom is 0.258 e. The van der Waals surface area contributed by atoms with Gasteiger partial charge in [0.1, 0.15) is 11.8 Å². The first-order valence-corrected chi connectivity index (χ1v) is 13.5. The molecule has 2 amide bonds. The smallest absolute Gasteiger partial charge is 0.258 e. The van der Waals surface area contributed by atoms with Crippen LogP contribution in [0.1, 0.15) is 30.0 Å². The number of ether oxygens (including phenoxy) is 1. The van der Waals surface area contributed by atoms with Crippen molar-refractivity contribution in [2.45, 2.75) is 31.3 Å². The number of carbonyl (C=O) groups excluding carboxylic acids is 2. The van der Waals surface area contributed by atoms with Gasteiger partial charge in [0.05, 0.1) is 11.5 Å². The molecular weight excluding hydrogens is 454 g/mol. The molecule has 1 saturated heterocycles. The van der Waals surface area contributed by atoms with Gasteiger partial charge in [-0.15, -0.1) is 0 Å². The fourth-order valence-electron chi connectivity index (χ4n) is 3.97. The lowest BCUT2D eigenvalue weighted by molar-refractivity contribution is -0.126. The monoisotopic (exact) mass is 485 g/mol. The molecule has 1 aliphatic heterocycles. The summed E-state index contributed by atoms with van der Waals surface area (Å²) in [7, 11) is -3.03. The molecule has 9 heteroatoms. The minimum atomic E-state index is -3.03. The van der Waals surface area contributed by atoms with Gasteiger partial charge in [0.25, 0.3) is 5.91 Å². The molecule has 2 N–H and O–H groups in total. The van der Waals surface area contributed by atoms with Crippen molar-refractivity contribution < 1.29 is 22.7 Å². The van der Waals surface area contributed by atoms with Crippen LogP contribution in [-0.4, -0.2) is 68.9 Å². The molecule has 1 aliphatic carbocycles. The topological polar surface area (TPSA) is 105 Å². The van der Waals surface area contributed by atoms with E-state index in [0.29, 0.717) is 37.8 Å². The first kappa shape index (κ1) is 24.2. The molecule has 1 saturated carbocycles. The summed E-state index contributed by atoms with van der Waals surface area (Å²) in [5.74, 6) is 0.532. The Morgan fingerprint density at radius 1 is 1.00 bits per heavy atom. The molecular formula is C25H31N3O5S. The fourth-order valence-corrected chi connectivity index (χ4v) is 5.20. The molecule has 2 aromatic rings. The van der Waals surface area contributed by atoms with Crippen molar-refractivity contribution in [3.05, 3.63) is 65.7 Å². The molecule has 0 spiro atoms. The van der Waals surface area contributed by atoms with Crippen molar-refractivity contribution in [2.24, 2.45) is 0 Å². The molecule has 1 heterocycles. The van der Waals surface area contributed by atoms with Crippen LogP contribution in [0, 0.1) is 0 Å². The van der Waals surface area contributed by atoms with Crippen LogP contribution < -0.4 is 15.4 Å². The van der Waals surface area contributed by atoms with Gasteiger partial charge in [-0.2, -0.15) is 0 Å². The van der Waals surface area contributed by atoms with Crippen LogP contribution in [0.2, 0.25) is 0 Å². The van der Waals surface area contributed by atoms with Gasteiger partial charge in [-0.25, -0.2) is 8.42 Å². The van der Waals surface area contributed by atoms with Gasteiger partial charge in [0, 0.05) is 25.7 Å². The Morgan fingerprint density at radius 2 is 1.68 bits per heavy atom. The van der Waals surface area contributed by atoms with Crippen molar-refractivity contribution in [3.63, 3.8) is 0 Å². The highest BCUT2D eigenvalue weighted by molar-refractivity contribution is 7.91. The van der Waals surface area contributed by atoms with E-state index in [0.717, 1.165) is 24.0 Å². The summed E-state index contributed by atoms with van der Waals surface area (Å²) < 4.78 is 29.2. The summed E-state index contributed by atoms with van der Waals surface area (Å²) in [6, 6.07) is 16.7. The van der Waals surface area contributed by atoms with Crippen molar-refractivity contribution in [1.29, 1.82) is 0 Å². The molecule has 2 fully saturated rings. The quantitative estimate of drug-likeness (QED) is 0.528. The number of sulfone groups is 1. The zero-order valence-electron chi connectivity index (χ0n) is 19.1. The second kappa shape index (κ2) is 11.0. The highest BCUT2D eigenvalue weighted by atomic mass is 32.2. The number of carbonyl (C=O) groups is 2. The van der Waals surface area contributed by atoms with Crippen molar-refractivity contribution in [2.75, 3.05) is 37.7 Å². The van der Waals surface area contributed by atoms with Crippen LogP contribution in [0.25, 0.3) is 0 Å². The van der Waals surface area contributed by atoms with E-state index in [2.05, 4.69) is 10.6 Å². The summed E-state index contributed by atoms with van der Waals surface area (Å²) in [5, 5.41) is 5.90. The Bertz CT molecular complexity index is 1070. The van der Waals surface area contributed by atoms with Gasteiger partial charge in [0.2, 0.25) is 5.91 Å². The van der Waals surface area contributed by atoms with E-state index in [4.69, 9.17) is 4.74 Å². The summed E-state index contributed by atoms with van der Waals surface area (Å²) in [6.45, 7) is 1.15. The van der Waals surface area contributed by atoms with Gasteiger partial charge in [-0.3, -0.25) is 14.5 Å². The third-order valence-corrected chi connectivity index (χ3v) is 7.67. The minimum Gasteiger partial charge on any atom is -0.484 e. The molecule has 2 aromatic carbocycles. The molecule has 2 aliphatic rings. The summed E-state index contributed by atoms with van der Waals surface area (Å²) >= 11 is 0. The first-order chi connectivity index (χ1) is 16.4. The van der Waals surface area contributed by atoms with Crippen molar-refractivity contribution >= 4 is 21.7 Å². The van der Waals surface area contributed by atoms with Crippen LogP contribution in [0.3, 0.4) is 0 Å². The highest BCUT2D eigenvalue weighted by Gasteiger charge is 2.32. The maximum absolute atomic E-state index is 13.1. The van der Waals surface area contributed by atoms with Crippen LogP contribution in [0.5, 0.6) is 5.75 Å². The predicted molar refractivity (Wildman–Crippen MR) is 129 cm³/mol. The second-order valence-electron chi connectivity index (χ2n) is 8.82. The molecule has 0 radical (unpaired) electrons. The third kappa shape index (κ3) is 7.04. The summed E-state index contributed by atoms with van der Waals surface area (Å²) in [5.41, 5.74) is 1.89. The number of hydrogen-bond donors (Lipinski definition) is 2. The van der Waals surface area contributed by atoms with E-state index in [-0.39, 0.29) is 29.9 Å². The maximum atomic E-state index is 13.1.